The van der Waals surface area contributed by atoms with E-state index in [1.165, 1.54) is 0 Å². The SMILES string of the molecule is CC(C)(C)[Si](C)(C)OCC(CNC(=O)c1oc2cnccc2c1Nc1ccc2c(O[Si](C)(C)C(C)(C)C)cccc2c1)O[Si](C)(C)C(C)(C)C. The van der Waals surface area contributed by atoms with Gasteiger partial charge in [0, 0.05) is 29.2 Å². The van der Waals surface area contributed by atoms with Gasteiger partial charge in [-0.1, -0.05) is 74.4 Å². The van der Waals surface area contributed by atoms with Crippen LogP contribution < -0.4 is 15.1 Å². The maximum absolute atomic E-state index is 14.0. The van der Waals surface area contributed by atoms with E-state index in [4.69, 9.17) is 17.7 Å². The molecular formula is C39H61N3O5Si3. The summed E-state index contributed by atoms with van der Waals surface area (Å²) in [5.41, 5.74) is 1.95. The number of pyridine rings is 1. The second-order valence-corrected chi connectivity index (χ2v) is 32.4. The Bertz CT molecular complexity index is 1810. The van der Waals surface area contributed by atoms with Crippen molar-refractivity contribution in [2.24, 2.45) is 0 Å². The van der Waals surface area contributed by atoms with Gasteiger partial charge in [-0.15, -0.1) is 0 Å². The number of benzene rings is 2. The lowest BCUT2D eigenvalue weighted by Crippen LogP contribution is -2.50. The molecule has 8 nitrogen and oxygen atoms in total. The molecule has 11 heteroatoms. The highest BCUT2D eigenvalue weighted by Gasteiger charge is 2.42. The zero-order valence-corrected chi connectivity index (χ0v) is 36.2. The number of furan rings is 1. The third-order valence-electron chi connectivity index (χ3n) is 11.2. The number of hydrogen-bond acceptors (Lipinski definition) is 7. The first-order valence-corrected chi connectivity index (χ1v) is 26.5. The summed E-state index contributed by atoms with van der Waals surface area (Å²) in [4.78, 5) is 18.2. The standard InChI is InChI=1S/C39H61N3O5Si3/c1-37(2,3)48(10,11)44-26-29(46-49(12,13)38(4,5)6)24-41-36(43)35-34(31-21-22-40-25-33(31)45-35)42-28-19-20-30-27(23-28)17-16-18-32(30)47-50(14,15)39(7,8)9/h16-23,25,29,42H,24,26H2,1-15H3,(H,41,43). The average Bonchev–Trinajstić information content (AvgIpc) is 3.34. The molecule has 2 N–H and O–H groups in total. The lowest BCUT2D eigenvalue weighted by Gasteiger charge is -2.41. The number of anilines is 2. The quantitative estimate of drug-likeness (QED) is 0.140. The molecule has 2 aromatic carbocycles. The Hall–Kier alpha value is -2.97. The first kappa shape index (κ1) is 39.8. The zero-order valence-electron chi connectivity index (χ0n) is 33.2. The van der Waals surface area contributed by atoms with Crippen molar-refractivity contribution in [3.8, 4) is 5.75 Å². The number of rotatable bonds is 12. The van der Waals surface area contributed by atoms with E-state index in [9.17, 15) is 4.79 Å². The van der Waals surface area contributed by atoms with Gasteiger partial charge >= 0.3 is 0 Å². The van der Waals surface area contributed by atoms with Gasteiger partial charge < -0.3 is 28.3 Å². The lowest BCUT2D eigenvalue weighted by molar-refractivity contribution is 0.0830. The van der Waals surface area contributed by atoms with E-state index in [0.29, 0.717) is 24.4 Å². The number of nitrogens with one attached hydrogen (secondary N) is 2. The van der Waals surface area contributed by atoms with Crippen molar-refractivity contribution in [1.29, 1.82) is 0 Å². The number of hydrogen-bond donors (Lipinski definition) is 2. The fourth-order valence-corrected chi connectivity index (χ4v) is 8.17. The average molecular weight is 736 g/mol. The number of nitrogens with zero attached hydrogens (tertiary/aromatic N) is 1. The highest BCUT2D eigenvalue weighted by atomic mass is 28.4. The number of aromatic nitrogens is 1. The van der Waals surface area contributed by atoms with Gasteiger partial charge in [0.2, 0.25) is 5.76 Å². The van der Waals surface area contributed by atoms with Crippen molar-refractivity contribution in [1.82, 2.24) is 10.3 Å². The van der Waals surface area contributed by atoms with E-state index in [-0.39, 0.29) is 32.9 Å². The van der Waals surface area contributed by atoms with Gasteiger partial charge in [0.05, 0.1) is 24.6 Å². The molecule has 0 aliphatic heterocycles. The summed E-state index contributed by atoms with van der Waals surface area (Å²) in [6.45, 7) is 34.3. The van der Waals surface area contributed by atoms with Crippen LogP contribution in [0, 0.1) is 0 Å². The topological polar surface area (TPSA) is 94.9 Å². The number of amides is 1. The molecule has 1 amide bonds. The van der Waals surface area contributed by atoms with Crippen LogP contribution in [0.4, 0.5) is 11.4 Å². The molecule has 0 fully saturated rings. The molecule has 0 aliphatic rings. The molecule has 0 radical (unpaired) electrons. The Labute approximate surface area is 303 Å². The lowest BCUT2D eigenvalue weighted by atomic mass is 10.1. The van der Waals surface area contributed by atoms with Crippen molar-refractivity contribution in [3.05, 3.63) is 60.6 Å². The van der Waals surface area contributed by atoms with Crippen molar-refractivity contribution in [3.63, 3.8) is 0 Å². The highest BCUT2D eigenvalue weighted by Crippen LogP contribution is 2.41. The summed E-state index contributed by atoms with van der Waals surface area (Å²) >= 11 is 0. The Morgan fingerprint density at radius 2 is 1.46 bits per heavy atom. The van der Waals surface area contributed by atoms with Crippen LogP contribution in [0.3, 0.4) is 0 Å². The second kappa shape index (κ2) is 14.2. The van der Waals surface area contributed by atoms with E-state index < -0.39 is 25.0 Å². The molecule has 4 rings (SSSR count). The summed E-state index contributed by atoms with van der Waals surface area (Å²) in [5.74, 6) is 0.762. The van der Waals surface area contributed by atoms with Gasteiger partial charge in [0.1, 0.15) is 5.75 Å². The third-order valence-corrected chi connectivity index (χ3v) is 24.6. The van der Waals surface area contributed by atoms with Gasteiger partial charge in [0.15, 0.2) is 22.2 Å². The van der Waals surface area contributed by atoms with Gasteiger partial charge in [-0.3, -0.25) is 9.78 Å². The smallest absolute Gasteiger partial charge is 0.289 e. The minimum absolute atomic E-state index is 0.00648. The van der Waals surface area contributed by atoms with Crippen molar-refractivity contribution in [2.75, 3.05) is 18.5 Å². The minimum Gasteiger partial charge on any atom is -0.543 e. The van der Waals surface area contributed by atoms with Crippen LogP contribution in [0.1, 0.15) is 72.9 Å². The van der Waals surface area contributed by atoms with Gasteiger partial charge in [-0.25, -0.2) is 0 Å². The molecular weight excluding hydrogens is 675 g/mol. The zero-order chi connectivity index (χ0) is 37.5. The number of fused-ring (bicyclic) bond motifs is 2. The first-order chi connectivity index (χ1) is 22.8. The summed E-state index contributed by atoms with van der Waals surface area (Å²) in [5, 5.41) is 9.66. The molecule has 1 atom stereocenters. The highest BCUT2D eigenvalue weighted by molar-refractivity contribution is 6.75. The van der Waals surface area contributed by atoms with Crippen LogP contribution >= 0.6 is 0 Å². The predicted molar refractivity (Wildman–Crippen MR) is 217 cm³/mol. The van der Waals surface area contributed by atoms with E-state index in [1.807, 2.05) is 24.3 Å². The Morgan fingerprint density at radius 1 is 0.820 bits per heavy atom. The summed E-state index contributed by atoms with van der Waals surface area (Å²) in [7, 11) is -6.24. The van der Waals surface area contributed by atoms with Crippen molar-refractivity contribution < 1.29 is 22.5 Å². The molecule has 0 spiro atoms. The summed E-state index contributed by atoms with van der Waals surface area (Å²) < 4.78 is 26.3. The fraction of sp³-hybridized carbons (Fsp3) is 0.538. The molecule has 1 unspecified atom stereocenters. The van der Waals surface area contributed by atoms with Crippen LogP contribution in [0.2, 0.25) is 54.4 Å². The van der Waals surface area contributed by atoms with Crippen molar-refractivity contribution in [2.45, 2.75) is 123 Å². The maximum Gasteiger partial charge on any atom is 0.289 e. The van der Waals surface area contributed by atoms with Crippen molar-refractivity contribution >= 4 is 64.0 Å². The van der Waals surface area contributed by atoms with E-state index in [0.717, 1.165) is 27.6 Å². The van der Waals surface area contributed by atoms with E-state index in [2.05, 4.69) is 135 Å². The summed E-state index contributed by atoms with van der Waals surface area (Å²) in [6, 6.07) is 14.2. The Kier molecular flexibility index (Phi) is 11.3. The molecule has 0 saturated heterocycles. The van der Waals surface area contributed by atoms with E-state index >= 15 is 0 Å². The molecule has 4 aromatic rings. The largest absolute Gasteiger partial charge is 0.543 e. The second-order valence-electron chi connectivity index (χ2n) is 18.1. The normalized spacial score (nSPS) is 14.2. The molecule has 0 aliphatic carbocycles. The van der Waals surface area contributed by atoms with E-state index in [1.54, 1.807) is 12.4 Å². The summed E-state index contributed by atoms with van der Waals surface area (Å²) in [6.07, 6.45) is 3.04. The Balaban J connectivity index is 1.62. The maximum atomic E-state index is 14.0. The predicted octanol–water partition coefficient (Wildman–Crippen LogP) is 11.3. The number of carbonyl (C=O) groups excluding carboxylic acids is 1. The van der Waals surface area contributed by atoms with Crippen LogP contribution in [-0.2, 0) is 8.85 Å². The van der Waals surface area contributed by atoms with Crippen LogP contribution in [0.15, 0.2) is 59.3 Å². The molecule has 2 heterocycles. The van der Waals surface area contributed by atoms with Crippen LogP contribution in [0.5, 0.6) is 5.75 Å². The fourth-order valence-electron chi connectivity index (χ4n) is 4.76. The molecule has 0 bridgehead atoms. The third kappa shape index (κ3) is 8.90. The number of carbonyl (C=O) groups is 1. The first-order valence-electron chi connectivity index (χ1n) is 17.8. The minimum atomic E-state index is -2.17. The molecule has 274 valence electrons. The van der Waals surface area contributed by atoms with Crippen LogP contribution in [-0.4, -0.2) is 55.1 Å². The monoisotopic (exact) mass is 735 g/mol. The van der Waals surface area contributed by atoms with Crippen LogP contribution in [0.25, 0.3) is 21.7 Å². The molecule has 2 aromatic heterocycles. The van der Waals surface area contributed by atoms with Gasteiger partial charge in [-0.2, -0.15) is 0 Å². The Morgan fingerprint density at radius 3 is 2.08 bits per heavy atom. The molecule has 50 heavy (non-hydrogen) atoms. The van der Waals surface area contributed by atoms with Gasteiger partial charge in [-0.05, 0) is 90.1 Å². The van der Waals surface area contributed by atoms with Gasteiger partial charge in [0.25, 0.3) is 14.2 Å². The molecule has 0 saturated carbocycles.